The molecule has 1 unspecified atom stereocenters. The first-order valence-electron chi connectivity index (χ1n) is 9.85. The van der Waals surface area contributed by atoms with Crippen molar-refractivity contribution < 1.29 is 32.1 Å². The maximum atomic E-state index is 13.8. The van der Waals surface area contributed by atoms with E-state index in [9.17, 15) is 32.5 Å². The highest BCUT2D eigenvalue weighted by molar-refractivity contribution is 7.89. The lowest BCUT2D eigenvalue weighted by Gasteiger charge is -2.27. The summed E-state index contributed by atoms with van der Waals surface area (Å²) in [4.78, 5) is 35.9. The summed E-state index contributed by atoms with van der Waals surface area (Å²) in [5.41, 5.74) is -0.697. The van der Waals surface area contributed by atoms with Crippen LogP contribution < -0.4 is 10.1 Å². The molecular weight excluding hydrogens is 493 g/mol. The van der Waals surface area contributed by atoms with Crippen LogP contribution in [0.4, 0.5) is 10.1 Å². The molecule has 0 aliphatic carbocycles. The van der Waals surface area contributed by atoms with Gasteiger partial charge in [-0.05, 0) is 42.8 Å². The fraction of sp³-hybridized carbons (Fsp3) is 0.238. The highest BCUT2D eigenvalue weighted by atomic mass is 35.5. The number of hydrogen-bond donors (Lipinski definition) is 1. The van der Waals surface area contributed by atoms with Gasteiger partial charge in [-0.25, -0.2) is 17.1 Å². The monoisotopic (exact) mass is 511 g/mol. The molecule has 34 heavy (non-hydrogen) atoms. The molecule has 1 saturated heterocycles. The second-order valence-corrected chi connectivity index (χ2v) is 9.40. The predicted molar refractivity (Wildman–Crippen MR) is 120 cm³/mol. The Morgan fingerprint density at radius 2 is 2.00 bits per heavy atom. The molecule has 0 spiro atoms. The number of nitro benzene ring substituents is 1. The van der Waals surface area contributed by atoms with Gasteiger partial charge in [0.25, 0.3) is 21.6 Å². The first-order valence-corrected chi connectivity index (χ1v) is 11.7. The van der Waals surface area contributed by atoms with Crippen LogP contribution >= 0.6 is 11.6 Å². The van der Waals surface area contributed by atoms with Crippen molar-refractivity contribution in [3.8, 4) is 5.75 Å². The van der Waals surface area contributed by atoms with Crippen molar-refractivity contribution in [1.29, 1.82) is 0 Å². The van der Waals surface area contributed by atoms with E-state index in [0.717, 1.165) is 30.3 Å². The molecule has 3 rings (SSSR count). The van der Waals surface area contributed by atoms with E-state index in [0.29, 0.717) is 4.31 Å². The molecule has 0 radical (unpaired) electrons. The highest BCUT2D eigenvalue weighted by Crippen LogP contribution is 2.31. The Balaban J connectivity index is 2.18. The molecule has 1 fully saturated rings. The molecule has 1 atom stereocenters. The van der Waals surface area contributed by atoms with Gasteiger partial charge >= 0.3 is 0 Å². The van der Waals surface area contributed by atoms with Crippen LogP contribution in [0.2, 0.25) is 5.02 Å². The normalized spacial score (nSPS) is 17.9. The smallest absolute Gasteiger partial charge is 0.289 e. The molecule has 2 aromatic rings. The van der Waals surface area contributed by atoms with E-state index in [1.165, 1.54) is 26.2 Å². The lowest BCUT2D eigenvalue weighted by atomic mass is 10.1. The third kappa shape index (κ3) is 4.73. The number of carbonyl (C=O) groups excluding carboxylic acids is 2. The van der Waals surface area contributed by atoms with Gasteiger partial charge < -0.3 is 10.1 Å². The largest absolute Gasteiger partial charge is 0.496 e. The molecule has 1 aliphatic heterocycles. The summed E-state index contributed by atoms with van der Waals surface area (Å²) in [6.45, 7) is 1.18. The summed E-state index contributed by atoms with van der Waals surface area (Å²) in [5.74, 6) is -2.19. The molecule has 0 saturated carbocycles. The lowest BCUT2D eigenvalue weighted by molar-refractivity contribution is -0.384. The number of hydrogen-bond acceptors (Lipinski definition) is 7. The van der Waals surface area contributed by atoms with E-state index in [2.05, 4.69) is 5.32 Å². The molecular formula is C21H19ClFN3O7S. The SMILES string of the molecule is CCC1C(=O)NCC(=Cc2cc(F)ccc2OC)C(=O)N1S(=O)(=O)c1ccc(Cl)c([N+](=O)[O-])c1. The summed E-state index contributed by atoms with van der Waals surface area (Å²) in [5, 5.41) is 13.4. The number of benzene rings is 2. The Morgan fingerprint density at radius 3 is 2.62 bits per heavy atom. The maximum Gasteiger partial charge on any atom is 0.289 e. The molecule has 0 bridgehead atoms. The van der Waals surface area contributed by atoms with Crippen molar-refractivity contribution in [3.05, 3.63) is 68.5 Å². The van der Waals surface area contributed by atoms with Gasteiger partial charge in [0.2, 0.25) is 5.91 Å². The molecule has 1 aliphatic rings. The fourth-order valence-corrected chi connectivity index (χ4v) is 5.25. The first-order chi connectivity index (χ1) is 16.0. The maximum absolute atomic E-state index is 13.8. The fourth-order valence-electron chi connectivity index (χ4n) is 3.42. The molecule has 180 valence electrons. The standard InChI is InChI=1S/C21H19ClFN3O7S/c1-3-17-20(27)24-11-13(8-12-9-14(23)4-7-19(12)33-2)21(28)25(17)34(31,32)15-5-6-16(22)18(10-15)26(29)30/h4-10,17H,3,11H2,1-2H3,(H,24,27). The summed E-state index contributed by atoms with van der Waals surface area (Å²) < 4.78 is 46.3. The topological polar surface area (TPSA) is 136 Å². The summed E-state index contributed by atoms with van der Waals surface area (Å²) in [6, 6.07) is 4.89. The van der Waals surface area contributed by atoms with Crippen molar-refractivity contribution in [2.45, 2.75) is 24.3 Å². The Bertz CT molecular complexity index is 1310. The van der Waals surface area contributed by atoms with Crippen molar-refractivity contribution >= 4 is 45.2 Å². The number of nitrogens with one attached hydrogen (secondary N) is 1. The first kappa shape index (κ1) is 25.1. The minimum Gasteiger partial charge on any atom is -0.496 e. The van der Waals surface area contributed by atoms with E-state index < -0.39 is 49.2 Å². The Hall–Kier alpha value is -3.51. The van der Waals surface area contributed by atoms with Crippen LogP contribution in [-0.4, -0.2) is 49.2 Å². The van der Waals surface area contributed by atoms with Crippen molar-refractivity contribution in [3.63, 3.8) is 0 Å². The molecule has 2 aromatic carbocycles. The zero-order valence-electron chi connectivity index (χ0n) is 17.9. The number of ether oxygens (including phenoxy) is 1. The minimum atomic E-state index is -4.74. The molecule has 10 nitrogen and oxygen atoms in total. The van der Waals surface area contributed by atoms with Crippen LogP contribution in [0.25, 0.3) is 6.08 Å². The van der Waals surface area contributed by atoms with Gasteiger partial charge in [0.05, 0.1) is 16.9 Å². The minimum absolute atomic E-state index is 0.0664. The Kier molecular flexibility index (Phi) is 7.22. The number of rotatable bonds is 6. The lowest BCUT2D eigenvalue weighted by Crippen LogP contribution is -2.49. The second-order valence-electron chi connectivity index (χ2n) is 7.17. The predicted octanol–water partition coefficient (Wildman–Crippen LogP) is 2.91. The average molecular weight is 512 g/mol. The Morgan fingerprint density at radius 1 is 1.29 bits per heavy atom. The van der Waals surface area contributed by atoms with Crippen LogP contribution in [0.1, 0.15) is 18.9 Å². The van der Waals surface area contributed by atoms with E-state index in [1.54, 1.807) is 0 Å². The summed E-state index contributed by atoms with van der Waals surface area (Å²) in [6.07, 6.45) is 1.15. The van der Waals surface area contributed by atoms with Crippen molar-refractivity contribution in [1.82, 2.24) is 9.62 Å². The number of halogens is 2. The van der Waals surface area contributed by atoms with Gasteiger partial charge in [0.1, 0.15) is 22.6 Å². The molecule has 1 N–H and O–H groups in total. The number of amides is 2. The van der Waals surface area contributed by atoms with Crippen LogP contribution in [0, 0.1) is 15.9 Å². The second kappa shape index (κ2) is 9.77. The van der Waals surface area contributed by atoms with E-state index in [-0.39, 0.29) is 34.9 Å². The van der Waals surface area contributed by atoms with Crippen LogP contribution in [0.3, 0.4) is 0 Å². The molecule has 0 aromatic heterocycles. The van der Waals surface area contributed by atoms with Crippen LogP contribution in [-0.2, 0) is 19.6 Å². The summed E-state index contributed by atoms with van der Waals surface area (Å²) in [7, 11) is -3.40. The molecule has 1 heterocycles. The van der Waals surface area contributed by atoms with Gasteiger partial charge in [-0.15, -0.1) is 0 Å². The van der Waals surface area contributed by atoms with Gasteiger partial charge in [-0.2, -0.15) is 0 Å². The quantitative estimate of drug-likeness (QED) is 0.357. The number of sulfonamides is 1. The van der Waals surface area contributed by atoms with Crippen molar-refractivity contribution in [2.75, 3.05) is 13.7 Å². The third-order valence-electron chi connectivity index (χ3n) is 5.09. The van der Waals surface area contributed by atoms with Gasteiger partial charge in [-0.3, -0.25) is 19.7 Å². The van der Waals surface area contributed by atoms with E-state index in [1.807, 2.05) is 0 Å². The Labute approximate surface area is 199 Å². The van der Waals surface area contributed by atoms with Gasteiger partial charge in [0, 0.05) is 23.7 Å². The number of carbonyl (C=O) groups is 2. The molecule has 2 amide bonds. The number of methoxy groups -OCH3 is 1. The van der Waals surface area contributed by atoms with Crippen molar-refractivity contribution in [2.24, 2.45) is 0 Å². The average Bonchev–Trinajstić information content (AvgIpc) is 2.90. The van der Waals surface area contributed by atoms with E-state index >= 15 is 0 Å². The summed E-state index contributed by atoms with van der Waals surface area (Å²) >= 11 is 5.78. The molecule has 13 heteroatoms. The van der Waals surface area contributed by atoms with Crippen LogP contribution in [0.5, 0.6) is 5.75 Å². The van der Waals surface area contributed by atoms with Gasteiger partial charge in [0.15, 0.2) is 0 Å². The zero-order chi connectivity index (χ0) is 25.2. The highest BCUT2D eigenvalue weighted by Gasteiger charge is 2.42. The number of nitrogens with zero attached hydrogens (tertiary/aromatic N) is 2. The van der Waals surface area contributed by atoms with Crippen LogP contribution in [0.15, 0.2) is 46.9 Å². The van der Waals surface area contributed by atoms with E-state index in [4.69, 9.17) is 16.3 Å². The third-order valence-corrected chi connectivity index (χ3v) is 7.20. The number of nitro groups is 1. The zero-order valence-corrected chi connectivity index (χ0v) is 19.5. The van der Waals surface area contributed by atoms with Gasteiger partial charge in [-0.1, -0.05) is 18.5 Å².